The Labute approximate surface area is 135 Å². The Balaban J connectivity index is 0.00000225. The summed E-state index contributed by atoms with van der Waals surface area (Å²) in [5.41, 5.74) is -0.726. The molecule has 2 nitrogen and oxygen atoms in total. The number of nitrogens with zero attached hydrogens (tertiary/aromatic N) is 1. The molecule has 16 heavy (non-hydrogen) atoms. The Bertz CT molecular complexity index is 335. The number of hydrogen-bond acceptors (Lipinski definition) is 2. The van der Waals surface area contributed by atoms with Crippen molar-refractivity contribution in [3.63, 3.8) is 0 Å². The van der Waals surface area contributed by atoms with Crippen LogP contribution in [0.5, 0.6) is 5.75 Å². The minimum Gasteiger partial charge on any atom is -0.489 e. The van der Waals surface area contributed by atoms with Gasteiger partial charge in [0.05, 0.1) is 12.3 Å². The van der Waals surface area contributed by atoms with E-state index in [0.717, 1.165) is 18.7 Å². The third kappa shape index (κ3) is 5.18. The molecule has 0 aromatic carbocycles. The van der Waals surface area contributed by atoms with E-state index in [4.69, 9.17) is 4.74 Å². The van der Waals surface area contributed by atoms with Crippen molar-refractivity contribution < 1.29 is 69.1 Å². The summed E-state index contributed by atoms with van der Waals surface area (Å²) >= 11 is 0. The van der Waals surface area contributed by atoms with Crippen LogP contribution < -0.4 is 61.6 Å². The summed E-state index contributed by atoms with van der Waals surface area (Å²) < 4.78 is 42.3. The van der Waals surface area contributed by atoms with Gasteiger partial charge in [-0.15, -0.1) is 0 Å². The van der Waals surface area contributed by atoms with Crippen LogP contribution in [0.1, 0.15) is 20.3 Å². The Morgan fingerprint density at radius 2 is 2.00 bits per heavy atom. The molecule has 1 heterocycles. The average Bonchev–Trinajstić information content (AvgIpc) is 2.17. The second-order valence-electron chi connectivity index (χ2n) is 3.37. The normalized spacial score (nSPS) is 12.8. The number of halogens is 3. The van der Waals surface area contributed by atoms with Gasteiger partial charge in [0, 0.05) is 6.20 Å². The maximum absolute atomic E-state index is 12.4. The van der Waals surface area contributed by atoms with Gasteiger partial charge < -0.3 is 17.7 Å². The van der Waals surface area contributed by atoms with E-state index < -0.39 is 12.4 Å². The first kappa shape index (κ1) is 16.4. The van der Waals surface area contributed by atoms with Gasteiger partial charge in [-0.05, 0) is 19.4 Å². The minimum atomic E-state index is -5.00. The van der Waals surface area contributed by atoms with Crippen LogP contribution in [0, 0.1) is 0 Å². The van der Waals surface area contributed by atoms with Crippen LogP contribution >= 0.6 is 0 Å². The van der Waals surface area contributed by atoms with Crippen LogP contribution in [0.15, 0.2) is 18.5 Å². The summed E-state index contributed by atoms with van der Waals surface area (Å²) in [5.74, 6) is 0.168. The SMILES string of the molecule is CCC(C)Oc1cncc([B-](F)(F)F)c1.[K+]. The summed E-state index contributed by atoms with van der Waals surface area (Å²) in [6.45, 7) is -1.31. The molecule has 0 aliphatic rings. The van der Waals surface area contributed by atoms with Gasteiger partial charge in [0.2, 0.25) is 0 Å². The van der Waals surface area contributed by atoms with Gasteiger partial charge in [-0.2, -0.15) is 0 Å². The Morgan fingerprint density at radius 3 is 2.50 bits per heavy atom. The molecular weight excluding hydrogens is 245 g/mol. The number of pyridine rings is 1. The van der Waals surface area contributed by atoms with E-state index in [2.05, 4.69) is 4.98 Å². The van der Waals surface area contributed by atoms with Crippen molar-refractivity contribution in [2.24, 2.45) is 0 Å². The smallest absolute Gasteiger partial charge is 0.489 e. The van der Waals surface area contributed by atoms with Crippen LogP contribution in [0.3, 0.4) is 0 Å². The Morgan fingerprint density at radius 1 is 1.38 bits per heavy atom. The van der Waals surface area contributed by atoms with E-state index >= 15 is 0 Å². The largest absolute Gasteiger partial charge is 1.00 e. The Kier molecular flexibility index (Phi) is 7.20. The van der Waals surface area contributed by atoms with E-state index in [1.54, 1.807) is 6.92 Å². The molecule has 1 unspecified atom stereocenters. The van der Waals surface area contributed by atoms with Gasteiger partial charge in [-0.1, -0.05) is 12.4 Å². The predicted molar refractivity (Wildman–Crippen MR) is 53.3 cm³/mol. The van der Waals surface area contributed by atoms with E-state index in [1.165, 1.54) is 6.20 Å². The van der Waals surface area contributed by atoms with E-state index in [1.807, 2.05) is 6.92 Å². The van der Waals surface area contributed by atoms with Crippen molar-refractivity contribution in [2.75, 3.05) is 0 Å². The first-order valence-electron chi connectivity index (χ1n) is 4.75. The summed E-state index contributed by atoms with van der Waals surface area (Å²) in [4.78, 5) is 3.51. The molecule has 0 saturated heterocycles. The molecule has 1 atom stereocenters. The molecule has 0 aliphatic heterocycles. The zero-order valence-corrected chi connectivity index (χ0v) is 12.7. The third-order valence-electron chi connectivity index (χ3n) is 2.02. The van der Waals surface area contributed by atoms with Crippen LogP contribution in [0.2, 0.25) is 0 Å². The second kappa shape index (κ2) is 7.00. The monoisotopic (exact) mass is 257 g/mol. The fourth-order valence-corrected chi connectivity index (χ4v) is 0.995. The van der Waals surface area contributed by atoms with E-state index in [-0.39, 0.29) is 63.2 Å². The molecular formula is C9H12BF3KNO. The summed E-state index contributed by atoms with van der Waals surface area (Å²) in [6.07, 6.45) is 2.73. The fourth-order valence-electron chi connectivity index (χ4n) is 0.995. The summed E-state index contributed by atoms with van der Waals surface area (Å²) in [7, 11) is 0. The zero-order chi connectivity index (χ0) is 11.5. The molecule has 7 heteroatoms. The predicted octanol–water partition coefficient (Wildman–Crippen LogP) is -0.683. The van der Waals surface area contributed by atoms with Gasteiger partial charge in [0.25, 0.3) is 0 Å². The van der Waals surface area contributed by atoms with Crippen LogP contribution in [0.25, 0.3) is 0 Å². The third-order valence-corrected chi connectivity index (χ3v) is 2.02. The topological polar surface area (TPSA) is 22.1 Å². The fraction of sp³-hybridized carbons (Fsp3) is 0.444. The average molecular weight is 257 g/mol. The van der Waals surface area contributed by atoms with Crippen LogP contribution in [-0.2, 0) is 0 Å². The van der Waals surface area contributed by atoms with Gasteiger partial charge in [-0.25, -0.2) is 0 Å². The molecule has 1 aromatic heterocycles. The minimum absolute atomic E-state index is 0. The van der Waals surface area contributed by atoms with Gasteiger partial charge in [0.15, 0.2) is 0 Å². The molecule has 0 N–H and O–H groups in total. The molecule has 1 aromatic rings. The quantitative estimate of drug-likeness (QED) is 0.667. The molecule has 0 fully saturated rings. The molecule has 0 saturated carbocycles. The van der Waals surface area contributed by atoms with Crippen molar-refractivity contribution in [1.29, 1.82) is 0 Å². The van der Waals surface area contributed by atoms with Gasteiger partial charge in [-0.3, -0.25) is 4.98 Å². The molecule has 0 spiro atoms. The Hall–Kier alpha value is 0.441. The zero-order valence-electron chi connectivity index (χ0n) is 9.58. The van der Waals surface area contributed by atoms with E-state index in [9.17, 15) is 12.9 Å². The molecule has 84 valence electrons. The summed E-state index contributed by atoms with van der Waals surface area (Å²) in [5, 5.41) is 0. The van der Waals surface area contributed by atoms with Gasteiger partial charge in [0.1, 0.15) is 5.75 Å². The van der Waals surface area contributed by atoms with Gasteiger partial charge >= 0.3 is 58.4 Å². The molecule has 1 rings (SSSR count). The maximum atomic E-state index is 12.4. The number of rotatable bonds is 4. The van der Waals surface area contributed by atoms with Crippen LogP contribution in [0.4, 0.5) is 12.9 Å². The van der Waals surface area contributed by atoms with E-state index in [0.29, 0.717) is 0 Å². The van der Waals surface area contributed by atoms with Crippen molar-refractivity contribution in [3.05, 3.63) is 18.5 Å². The molecule has 0 bridgehead atoms. The maximum Gasteiger partial charge on any atom is 1.00 e. The first-order valence-corrected chi connectivity index (χ1v) is 4.75. The number of hydrogen-bond donors (Lipinski definition) is 0. The van der Waals surface area contributed by atoms with Crippen molar-refractivity contribution in [3.8, 4) is 5.75 Å². The molecule has 0 radical (unpaired) electrons. The second-order valence-corrected chi connectivity index (χ2v) is 3.37. The van der Waals surface area contributed by atoms with Crippen molar-refractivity contribution in [2.45, 2.75) is 26.4 Å². The number of ether oxygens (including phenoxy) is 1. The van der Waals surface area contributed by atoms with Crippen LogP contribution in [-0.4, -0.2) is 18.1 Å². The molecule has 0 amide bonds. The molecule has 0 aliphatic carbocycles. The standard InChI is InChI=1S/C9H12BF3NO.K/c1-3-7(2)15-9-4-8(5-14-6-9)10(11,12)13;/h4-7H,3H2,1-2H3;/q-1;+1. The summed E-state index contributed by atoms with van der Waals surface area (Å²) in [6, 6.07) is 0.985. The van der Waals surface area contributed by atoms with Crippen molar-refractivity contribution >= 4 is 12.4 Å². The number of aromatic nitrogens is 1. The van der Waals surface area contributed by atoms with Crippen molar-refractivity contribution in [1.82, 2.24) is 4.98 Å². The first-order chi connectivity index (χ1) is 6.93.